The van der Waals surface area contributed by atoms with Gasteiger partial charge in [-0.2, -0.15) is 0 Å². The number of aliphatic carboxylic acids is 1. The van der Waals surface area contributed by atoms with Gasteiger partial charge in [-0.05, 0) is 42.6 Å². The number of rotatable bonds is 8. The van der Waals surface area contributed by atoms with E-state index in [9.17, 15) is 19.7 Å². The van der Waals surface area contributed by atoms with E-state index in [4.69, 9.17) is 5.11 Å². The van der Waals surface area contributed by atoms with Gasteiger partial charge in [-0.1, -0.05) is 0 Å². The van der Waals surface area contributed by atoms with Gasteiger partial charge in [-0.3, -0.25) is 14.5 Å². The second-order valence-electron chi connectivity index (χ2n) is 6.58. The number of nitrogens with zero attached hydrogens (tertiary/aromatic N) is 2. The standard InChI is InChI=1S/C15H20N4O5/c20-14(21)8-18(7-9-1-2-9)11-5-10(6-11)16-15(22)12-3-4-13(17-12)19(23)24/h3-4,9-11,17H,1-2,5-8H2,(H,16,22)(H,20,21). The number of nitrogens with one attached hydrogen (secondary N) is 2. The zero-order chi connectivity index (χ0) is 17.3. The molecule has 9 nitrogen and oxygen atoms in total. The van der Waals surface area contributed by atoms with Crippen molar-refractivity contribution in [3.8, 4) is 0 Å². The van der Waals surface area contributed by atoms with Gasteiger partial charge < -0.3 is 20.5 Å². The molecular formula is C15H20N4O5. The number of aromatic amines is 1. The van der Waals surface area contributed by atoms with E-state index in [2.05, 4.69) is 10.3 Å². The Morgan fingerprint density at radius 3 is 2.62 bits per heavy atom. The molecule has 0 radical (unpaired) electrons. The van der Waals surface area contributed by atoms with Gasteiger partial charge in [0.05, 0.1) is 6.54 Å². The van der Waals surface area contributed by atoms with E-state index in [1.165, 1.54) is 12.1 Å². The zero-order valence-corrected chi connectivity index (χ0v) is 13.1. The minimum atomic E-state index is -0.832. The van der Waals surface area contributed by atoms with E-state index in [0.717, 1.165) is 19.4 Å². The molecule has 2 saturated carbocycles. The monoisotopic (exact) mass is 336 g/mol. The molecule has 0 aromatic carbocycles. The molecule has 9 heteroatoms. The third kappa shape index (κ3) is 3.91. The van der Waals surface area contributed by atoms with Gasteiger partial charge in [0.1, 0.15) is 0 Å². The highest BCUT2D eigenvalue weighted by atomic mass is 16.6. The minimum absolute atomic E-state index is 0.0274. The van der Waals surface area contributed by atoms with Crippen molar-refractivity contribution < 1.29 is 19.6 Å². The Kier molecular flexibility index (Phi) is 4.52. The summed E-state index contributed by atoms with van der Waals surface area (Å²) in [5, 5.41) is 22.5. The van der Waals surface area contributed by atoms with Gasteiger partial charge in [0.25, 0.3) is 5.91 Å². The topological polar surface area (TPSA) is 129 Å². The summed E-state index contributed by atoms with van der Waals surface area (Å²) in [4.78, 5) is 37.5. The van der Waals surface area contributed by atoms with Crippen molar-refractivity contribution in [3.05, 3.63) is 27.9 Å². The molecule has 24 heavy (non-hydrogen) atoms. The predicted molar refractivity (Wildman–Crippen MR) is 83.7 cm³/mol. The number of H-pyrrole nitrogens is 1. The average molecular weight is 336 g/mol. The van der Waals surface area contributed by atoms with Crippen LogP contribution in [0, 0.1) is 16.0 Å². The van der Waals surface area contributed by atoms with E-state index in [1.807, 2.05) is 4.90 Å². The van der Waals surface area contributed by atoms with Crippen molar-refractivity contribution in [2.24, 2.45) is 5.92 Å². The van der Waals surface area contributed by atoms with Gasteiger partial charge >= 0.3 is 11.8 Å². The Morgan fingerprint density at radius 1 is 1.38 bits per heavy atom. The Balaban J connectivity index is 1.48. The quantitative estimate of drug-likeness (QED) is 0.479. The van der Waals surface area contributed by atoms with Crippen LogP contribution in [0.5, 0.6) is 0 Å². The Bertz CT molecular complexity index is 648. The first-order chi connectivity index (χ1) is 11.4. The molecule has 130 valence electrons. The van der Waals surface area contributed by atoms with Crippen LogP contribution in [0.3, 0.4) is 0 Å². The molecule has 0 aliphatic heterocycles. The Labute approximate surface area is 138 Å². The summed E-state index contributed by atoms with van der Waals surface area (Å²) < 4.78 is 0. The molecule has 3 N–H and O–H groups in total. The lowest BCUT2D eigenvalue weighted by molar-refractivity contribution is -0.389. The molecule has 2 aliphatic rings. The van der Waals surface area contributed by atoms with Crippen molar-refractivity contribution in [1.29, 1.82) is 0 Å². The molecule has 1 heterocycles. The zero-order valence-electron chi connectivity index (χ0n) is 13.1. The molecule has 0 spiro atoms. The van der Waals surface area contributed by atoms with Gasteiger partial charge in [0.15, 0.2) is 5.69 Å². The van der Waals surface area contributed by atoms with Crippen molar-refractivity contribution in [1.82, 2.24) is 15.2 Å². The first-order valence-electron chi connectivity index (χ1n) is 8.02. The summed E-state index contributed by atoms with van der Waals surface area (Å²) in [6.07, 6.45) is 3.73. The summed E-state index contributed by atoms with van der Waals surface area (Å²) in [5.41, 5.74) is 0.158. The lowest BCUT2D eigenvalue weighted by Crippen LogP contribution is -2.55. The summed E-state index contributed by atoms with van der Waals surface area (Å²) in [6, 6.07) is 2.78. The van der Waals surface area contributed by atoms with Crippen LogP contribution in [0.1, 0.15) is 36.2 Å². The maximum Gasteiger partial charge on any atom is 0.321 e. The summed E-state index contributed by atoms with van der Waals surface area (Å²) in [6.45, 7) is 0.838. The SMILES string of the molecule is O=C(O)CN(CC1CC1)C1CC(NC(=O)c2ccc([N+](=O)[O-])[nH]2)C1. The lowest BCUT2D eigenvalue weighted by atomic mass is 9.85. The Morgan fingerprint density at radius 2 is 2.08 bits per heavy atom. The molecule has 1 amide bonds. The number of amides is 1. The average Bonchev–Trinajstić information content (AvgIpc) is 3.13. The molecule has 2 aliphatic carbocycles. The predicted octanol–water partition coefficient (Wildman–Crippen LogP) is 0.980. The van der Waals surface area contributed by atoms with Crippen LogP contribution in [0.25, 0.3) is 0 Å². The maximum atomic E-state index is 12.1. The van der Waals surface area contributed by atoms with E-state index in [-0.39, 0.29) is 36.0 Å². The fourth-order valence-electron chi connectivity index (χ4n) is 3.04. The smallest absolute Gasteiger partial charge is 0.321 e. The van der Waals surface area contributed by atoms with E-state index in [0.29, 0.717) is 18.8 Å². The summed E-state index contributed by atoms with van der Waals surface area (Å²) in [5.74, 6) is -0.818. The van der Waals surface area contributed by atoms with E-state index < -0.39 is 10.9 Å². The molecule has 3 rings (SSSR count). The fraction of sp³-hybridized carbons (Fsp3) is 0.600. The highest BCUT2D eigenvalue weighted by Gasteiger charge is 2.38. The minimum Gasteiger partial charge on any atom is -0.480 e. The second-order valence-corrected chi connectivity index (χ2v) is 6.58. The van der Waals surface area contributed by atoms with Crippen molar-refractivity contribution in [2.75, 3.05) is 13.1 Å². The molecule has 0 bridgehead atoms. The molecule has 1 aromatic heterocycles. The first kappa shape index (κ1) is 16.4. The van der Waals surface area contributed by atoms with Gasteiger partial charge in [0.2, 0.25) is 0 Å². The Hall–Kier alpha value is -2.42. The fourth-order valence-corrected chi connectivity index (χ4v) is 3.04. The third-order valence-electron chi connectivity index (χ3n) is 4.60. The van der Waals surface area contributed by atoms with Crippen molar-refractivity contribution >= 4 is 17.7 Å². The van der Waals surface area contributed by atoms with Crippen LogP contribution in [0.15, 0.2) is 12.1 Å². The molecular weight excluding hydrogens is 316 g/mol. The van der Waals surface area contributed by atoms with Crippen molar-refractivity contribution in [2.45, 2.75) is 37.8 Å². The molecule has 2 fully saturated rings. The number of carbonyl (C=O) groups is 2. The largest absolute Gasteiger partial charge is 0.480 e. The summed E-state index contributed by atoms with van der Waals surface area (Å²) >= 11 is 0. The number of carboxylic acid groups (broad SMARTS) is 1. The summed E-state index contributed by atoms with van der Waals surface area (Å²) in [7, 11) is 0. The molecule has 0 atom stereocenters. The highest BCUT2D eigenvalue weighted by molar-refractivity contribution is 5.93. The van der Waals surface area contributed by atoms with Gasteiger partial charge in [-0.15, -0.1) is 0 Å². The van der Waals surface area contributed by atoms with Gasteiger partial charge in [-0.25, -0.2) is 4.98 Å². The van der Waals surface area contributed by atoms with E-state index >= 15 is 0 Å². The number of hydrogen-bond acceptors (Lipinski definition) is 5. The number of nitro groups is 1. The van der Waals surface area contributed by atoms with Crippen LogP contribution < -0.4 is 5.32 Å². The number of carboxylic acids is 1. The normalized spacial score (nSPS) is 22.9. The van der Waals surface area contributed by atoms with Crippen LogP contribution in [0.2, 0.25) is 0 Å². The maximum absolute atomic E-state index is 12.1. The van der Waals surface area contributed by atoms with Crippen LogP contribution in [0.4, 0.5) is 5.82 Å². The van der Waals surface area contributed by atoms with Crippen LogP contribution in [-0.2, 0) is 4.79 Å². The van der Waals surface area contributed by atoms with Crippen LogP contribution in [-0.4, -0.2) is 57.0 Å². The van der Waals surface area contributed by atoms with Crippen molar-refractivity contribution in [3.63, 3.8) is 0 Å². The molecule has 0 saturated heterocycles. The second kappa shape index (κ2) is 6.60. The molecule has 1 aromatic rings. The lowest BCUT2D eigenvalue weighted by Gasteiger charge is -2.42. The van der Waals surface area contributed by atoms with E-state index in [1.54, 1.807) is 0 Å². The third-order valence-corrected chi connectivity index (χ3v) is 4.60. The van der Waals surface area contributed by atoms with Crippen LogP contribution >= 0.6 is 0 Å². The highest BCUT2D eigenvalue weighted by Crippen LogP contribution is 2.33. The number of carbonyl (C=O) groups excluding carboxylic acids is 1. The molecule has 0 unspecified atom stereocenters. The van der Waals surface area contributed by atoms with Gasteiger partial charge in [0, 0.05) is 24.7 Å². The first-order valence-corrected chi connectivity index (χ1v) is 8.02. The number of aromatic nitrogens is 1. The number of hydrogen-bond donors (Lipinski definition) is 3.